The van der Waals surface area contributed by atoms with Crippen LogP contribution in [-0.4, -0.2) is 18.4 Å². The average molecular weight is 480 g/mol. The highest BCUT2D eigenvalue weighted by atomic mass is 127. The summed E-state index contributed by atoms with van der Waals surface area (Å²) in [6.45, 7) is 5.27. The number of guanidine groups is 1. The van der Waals surface area contributed by atoms with Crippen LogP contribution in [0.4, 0.5) is 5.69 Å². The van der Waals surface area contributed by atoms with E-state index >= 15 is 0 Å². The first-order chi connectivity index (χ1) is 12.6. The van der Waals surface area contributed by atoms with E-state index in [9.17, 15) is 4.79 Å². The molecule has 0 saturated carbocycles. The van der Waals surface area contributed by atoms with Crippen LogP contribution in [0.15, 0.2) is 59.6 Å². The summed E-state index contributed by atoms with van der Waals surface area (Å²) in [5, 5.41) is 5.93. The number of hydrogen-bond donors (Lipinski definition) is 3. The molecule has 1 amide bonds. The smallest absolute Gasteiger partial charge is 0.222 e. The lowest BCUT2D eigenvalue weighted by atomic mass is 9.99. The van der Waals surface area contributed by atoms with Crippen LogP contribution in [0.5, 0.6) is 0 Å². The van der Waals surface area contributed by atoms with Gasteiger partial charge in [0.15, 0.2) is 5.96 Å². The summed E-state index contributed by atoms with van der Waals surface area (Å²) >= 11 is 0. The van der Waals surface area contributed by atoms with Gasteiger partial charge in [-0.05, 0) is 35.6 Å². The molecule has 1 atom stereocenters. The molecule has 0 aliphatic heterocycles. The topological polar surface area (TPSA) is 79.5 Å². The van der Waals surface area contributed by atoms with E-state index in [0.717, 1.165) is 17.7 Å². The van der Waals surface area contributed by atoms with Crippen LogP contribution in [-0.2, 0) is 11.3 Å². The van der Waals surface area contributed by atoms with E-state index in [-0.39, 0.29) is 29.9 Å². The van der Waals surface area contributed by atoms with Gasteiger partial charge in [-0.3, -0.25) is 9.79 Å². The molecule has 146 valence electrons. The van der Waals surface area contributed by atoms with Gasteiger partial charge in [-0.25, -0.2) is 0 Å². The Morgan fingerprint density at radius 2 is 1.78 bits per heavy atom. The van der Waals surface area contributed by atoms with Crippen molar-refractivity contribution in [1.82, 2.24) is 5.32 Å². The zero-order valence-corrected chi connectivity index (χ0v) is 18.3. The van der Waals surface area contributed by atoms with Crippen LogP contribution < -0.4 is 16.4 Å². The average Bonchev–Trinajstić information content (AvgIpc) is 2.67. The maximum Gasteiger partial charge on any atom is 0.222 e. The normalized spacial score (nSPS) is 12.0. The van der Waals surface area contributed by atoms with E-state index in [1.165, 1.54) is 5.56 Å². The van der Waals surface area contributed by atoms with Crippen molar-refractivity contribution in [3.05, 3.63) is 65.7 Å². The van der Waals surface area contributed by atoms with Gasteiger partial charge in [-0.15, -0.1) is 24.0 Å². The summed E-state index contributed by atoms with van der Waals surface area (Å²) in [7, 11) is 0. The summed E-state index contributed by atoms with van der Waals surface area (Å²) in [5.41, 5.74) is 9.17. The number of hydrogen-bond acceptors (Lipinski definition) is 2. The van der Waals surface area contributed by atoms with Crippen molar-refractivity contribution in [2.24, 2.45) is 10.7 Å². The fraction of sp³-hybridized carbons (Fsp3) is 0.333. The van der Waals surface area contributed by atoms with E-state index in [1.807, 2.05) is 42.5 Å². The van der Waals surface area contributed by atoms with Crippen molar-refractivity contribution in [3.63, 3.8) is 0 Å². The van der Waals surface area contributed by atoms with Gasteiger partial charge in [0, 0.05) is 18.7 Å². The predicted octanol–water partition coefficient (Wildman–Crippen LogP) is 4.25. The van der Waals surface area contributed by atoms with Crippen molar-refractivity contribution in [1.29, 1.82) is 0 Å². The third-order valence-corrected chi connectivity index (χ3v) is 4.32. The highest BCUT2D eigenvalue weighted by Crippen LogP contribution is 2.20. The second-order valence-electron chi connectivity index (χ2n) is 6.34. The number of anilines is 1. The number of nitrogens with zero attached hydrogens (tertiary/aromatic N) is 1. The highest BCUT2D eigenvalue weighted by molar-refractivity contribution is 14.0. The fourth-order valence-electron chi connectivity index (χ4n) is 2.48. The largest absolute Gasteiger partial charge is 0.370 e. The SMILES string of the molecule is CCC(C)c1ccc(NC(N)=NCCC(=O)NCc2ccccc2)cc1.I. The Bertz CT molecular complexity index is 717. The van der Waals surface area contributed by atoms with Crippen LogP contribution in [0, 0.1) is 0 Å². The molecule has 0 aromatic heterocycles. The molecule has 6 heteroatoms. The Kier molecular flexibility index (Phi) is 10.5. The number of aliphatic imine (C=N–C) groups is 1. The van der Waals surface area contributed by atoms with Gasteiger partial charge in [0.25, 0.3) is 0 Å². The first-order valence-electron chi connectivity index (χ1n) is 9.06. The molecule has 4 N–H and O–H groups in total. The fourth-order valence-corrected chi connectivity index (χ4v) is 2.48. The monoisotopic (exact) mass is 480 g/mol. The van der Waals surface area contributed by atoms with Crippen LogP contribution in [0.25, 0.3) is 0 Å². The summed E-state index contributed by atoms with van der Waals surface area (Å²) in [4.78, 5) is 16.1. The molecule has 2 rings (SSSR count). The number of rotatable bonds is 8. The number of halogens is 1. The second-order valence-corrected chi connectivity index (χ2v) is 6.34. The minimum absolute atomic E-state index is 0. The number of amides is 1. The van der Waals surface area contributed by atoms with Gasteiger partial charge in [0.1, 0.15) is 0 Å². The first kappa shape index (κ1) is 23.0. The van der Waals surface area contributed by atoms with Crippen molar-refractivity contribution >= 4 is 41.5 Å². The highest BCUT2D eigenvalue weighted by Gasteiger charge is 2.03. The lowest BCUT2D eigenvalue weighted by molar-refractivity contribution is -0.121. The Hall–Kier alpha value is -2.09. The zero-order valence-electron chi connectivity index (χ0n) is 15.9. The summed E-state index contributed by atoms with van der Waals surface area (Å²) in [5.74, 6) is 0.824. The molecule has 0 fully saturated rings. The first-order valence-corrected chi connectivity index (χ1v) is 9.06. The Morgan fingerprint density at radius 1 is 1.11 bits per heavy atom. The van der Waals surface area contributed by atoms with Crippen molar-refractivity contribution in [2.45, 2.75) is 39.2 Å². The molecule has 0 bridgehead atoms. The molecular weight excluding hydrogens is 451 g/mol. The quantitative estimate of drug-likeness (QED) is 0.300. The van der Waals surface area contributed by atoms with Gasteiger partial charge < -0.3 is 16.4 Å². The lowest BCUT2D eigenvalue weighted by Crippen LogP contribution is -2.25. The van der Waals surface area contributed by atoms with Crippen molar-refractivity contribution in [3.8, 4) is 0 Å². The van der Waals surface area contributed by atoms with Gasteiger partial charge >= 0.3 is 0 Å². The molecule has 0 aliphatic carbocycles. The molecule has 0 radical (unpaired) electrons. The minimum Gasteiger partial charge on any atom is -0.370 e. The van der Waals surface area contributed by atoms with Crippen LogP contribution in [0.3, 0.4) is 0 Å². The van der Waals surface area contributed by atoms with Crippen LogP contribution in [0.1, 0.15) is 43.7 Å². The molecule has 0 spiro atoms. The molecular formula is C21H29IN4O. The molecule has 0 aliphatic rings. The van der Waals surface area contributed by atoms with Crippen LogP contribution in [0.2, 0.25) is 0 Å². The van der Waals surface area contributed by atoms with Gasteiger partial charge in [0.2, 0.25) is 5.91 Å². The third kappa shape index (κ3) is 8.43. The van der Waals surface area contributed by atoms with Crippen molar-refractivity contribution < 1.29 is 4.79 Å². The van der Waals surface area contributed by atoms with E-state index in [4.69, 9.17) is 5.73 Å². The molecule has 27 heavy (non-hydrogen) atoms. The number of nitrogens with two attached hydrogens (primary N) is 1. The van der Waals surface area contributed by atoms with E-state index in [0.29, 0.717) is 31.4 Å². The Balaban J connectivity index is 0.00000364. The van der Waals surface area contributed by atoms with E-state index < -0.39 is 0 Å². The van der Waals surface area contributed by atoms with E-state index in [2.05, 4.69) is 41.6 Å². The standard InChI is InChI=1S/C21H28N4O.HI/c1-3-16(2)18-9-11-19(12-10-18)25-21(22)23-14-13-20(26)24-15-17-7-5-4-6-8-17;/h4-12,16H,3,13-15H2,1-2H3,(H,24,26)(H3,22,23,25);1H. The number of nitrogens with one attached hydrogen (secondary N) is 2. The zero-order chi connectivity index (χ0) is 18.8. The van der Waals surface area contributed by atoms with Gasteiger partial charge in [-0.2, -0.15) is 0 Å². The summed E-state index contributed by atoms with van der Waals surface area (Å²) in [6.07, 6.45) is 1.42. The Morgan fingerprint density at radius 3 is 2.41 bits per heavy atom. The molecule has 5 nitrogen and oxygen atoms in total. The molecule has 0 saturated heterocycles. The molecule has 1 unspecified atom stereocenters. The third-order valence-electron chi connectivity index (χ3n) is 4.32. The Labute approximate surface area is 178 Å². The molecule has 2 aromatic carbocycles. The predicted molar refractivity (Wildman–Crippen MR) is 124 cm³/mol. The van der Waals surface area contributed by atoms with E-state index in [1.54, 1.807) is 0 Å². The number of carbonyl (C=O) groups is 1. The van der Waals surface area contributed by atoms with Gasteiger partial charge in [0.05, 0.1) is 6.54 Å². The molecule has 0 heterocycles. The maximum absolute atomic E-state index is 11.8. The van der Waals surface area contributed by atoms with Crippen LogP contribution >= 0.6 is 24.0 Å². The lowest BCUT2D eigenvalue weighted by Gasteiger charge is -2.11. The summed E-state index contributed by atoms with van der Waals surface area (Å²) < 4.78 is 0. The van der Waals surface area contributed by atoms with Gasteiger partial charge in [-0.1, -0.05) is 56.3 Å². The minimum atomic E-state index is -0.0386. The summed E-state index contributed by atoms with van der Waals surface area (Å²) in [6, 6.07) is 18.0. The van der Waals surface area contributed by atoms with Crippen molar-refractivity contribution in [2.75, 3.05) is 11.9 Å². The molecule has 2 aromatic rings. The number of benzene rings is 2. The number of carbonyl (C=O) groups excluding carboxylic acids is 1. The second kappa shape index (κ2) is 12.3. The maximum atomic E-state index is 11.8.